The number of carbonyl (C=O) groups excluding carboxylic acids is 1. The first-order valence-corrected chi connectivity index (χ1v) is 7.72. The van der Waals surface area contributed by atoms with Gasteiger partial charge < -0.3 is 10.0 Å². The van der Waals surface area contributed by atoms with Crippen molar-refractivity contribution < 1.29 is 18.7 Å². The molecule has 6 heteroatoms. The van der Waals surface area contributed by atoms with Crippen molar-refractivity contribution in [3.63, 3.8) is 0 Å². The van der Waals surface area contributed by atoms with Crippen molar-refractivity contribution in [2.24, 2.45) is 0 Å². The quantitative estimate of drug-likeness (QED) is 0.903. The van der Waals surface area contributed by atoms with Gasteiger partial charge in [0.25, 0.3) is 5.91 Å². The van der Waals surface area contributed by atoms with Crippen molar-refractivity contribution in [2.45, 2.75) is 31.4 Å². The standard InChI is InChI=1S/C16H20F2N2O2/c17-12-8-11(9-13(18)10-12)16(22)20-6-4-19(5-7-20)14-2-1-3-15(14)21/h8-10,14-15,21H,1-7H2/t14-,15-/m1/s1. The van der Waals surface area contributed by atoms with E-state index in [1.54, 1.807) is 4.90 Å². The highest BCUT2D eigenvalue weighted by atomic mass is 19.1. The SMILES string of the molecule is O=C(c1cc(F)cc(F)c1)N1CCN([C@@H]2CCC[C@H]2O)CC1. The molecule has 4 nitrogen and oxygen atoms in total. The number of hydrogen-bond donors (Lipinski definition) is 1. The molecule has 120 valence electrons. The Morgan fingerprint density at radius 1 is 1.05 bits per heavy atom. The lowest BCUT2D eigenvalue weighted by atomic mass is 10.1. The monoisotopic (exact) mass is 310 g/mol. The van der Waals surface area contributed by atoms with Crippen LogP contribution < -0.4 is 0 Å². The fourth-order valence-corrected chi connectivity index (χ4v) is 3.46. The molecule has 0 spiro atoms. The van der Waals surface area contributed by atoms with Gasteiger partial charge >= 0.3 is 0 Å². The third-order valence-corrected chi connectivity index (χ3v) is 4.62. The van der Waals surface area contributed by atoms with Crippen LogP contribution in [0.2, 0.25) is 0 Å². The van der Waals surface area contributed by atoms with E-state index in [0.29, 0.717) is 26.2 Å². The van der Waals surface area contributed by atoms with E-state index in [1.807, 2.05) is 0 Å². The van der Waals surface area contributed by atoms with Gasteiger partial charge in [-0.25, -0.2) is 8.78 Å². The van der Waals surface area contributed by atoms with E-state index < -0.39 is 11.6 Å². The molecule has 22 heavy (non-hydrogen) atoms. The van der Waals surface area contributed by atoms with Crippen LogP contribution in [0, 0.1) is 11.6 Å². The normalized spacial score (nSPS) is 26.4. The number of piperazine rings is 1. The van der Waals surface area contributed by atoms with Crippen LogP contribution in [0.15, 0.2) is 18.2 Å². The first kappa shape index (κ1) is 15.4. The van der Waals surface area contributed by atoms with Gasteiger partial charge in [0.2, 0.25) is 0 Å². The number of hydrogen-bond acceptors (Lipinski definition) is 3. The molecule has 2 aliphatic rings. The molecule has 3 rings (SSSR count). The molecule has 2 atom stereocenters. The maximum absolute atomic E-state index is 13.2. The first-order valence-electron chi connectivity index (χ1n) is 7.72. The number of aliphatic hydroxyl groups excluding tert-OH is 1. The zero-order chi connectivity index (χ0) is 15.7. The van der Waals surface area contributed by atoms with Crippen LogP contribution in [-0.4, -0.2) is 59.1 Å². The Morgan fingerprint density at radius 2 is 1.68 bits per heavy atom. The molecule has 1 amide bonds. The molecule has 0 bridgehead atoms. The summed E-state index contributed by atoms with van der Waals surface area (Å²) in [5.41, 5.74) is 0.0480. The van der Waals surface area contributed by atoms with Crippen molar-refractivity contribution >= 4 is 5.91 Å². The van der Waals surface area contributed by atoms with Crippen molar-refractivity contribution in [1.29, 1.82) is 0 Å². The second-order valence-electron chi connectivity index (χ2n) is 6.05. The van der Waals surface area contributed by atoms with E-state index in [2.05, 4.69) is 4.90 Å². The van der Waals surface area contributed by atoms with E-state index in [0.717, 1.165) is 37.5 Å². The third-order valence-electron chi connectivity index (χ3n) is 4.62. The zero-order valence-corrected chi connectivity index (χ0v) is 12.3. The lowest BCUT2D eigenvalue weighted by Gasteiger charge is -2.39. The largest absolute Gasteiger partial charge is 0.391 e. The molecule has 1 aromatic rings. The van der Waals surface area contributed by atoms with Crippen molar-refractivity contribution in [2.75, 3.05) is 26.2 Å². The molecule has 1 saturated heterocycles. The summed E-state index contributed by atoms with van der Waals surface area (Å²) >= 11 is 0. The molecule has 0 radical (unpaired) electrons. The second kappa shape index (κ2) is 6.30. The van der Waals surface area contributed by atoms with Gasteiger partial charge in [0, 0.05) is 43.9 Å². The minimum Gasteiger partial charge on any atom is -0.391 e. The Morgan fingerprint density at radius 3 is 2.23 bits per heavy atom. The Kier molecular flexibility index (Phi) is 4.40. The number of halogens is 2. The topological polar surface area (TPSA) is 43.8 Å². The minimum absolute atomic E-state index is 0.0480. The van der Waals surface area contributed by atoms with Gasteiger partial charge in [0.15, 0.2) is 0 Å². The molecular weight excluding hydrogens is 290 g/mol. The summed E-state index contributed by atoms with van der Waals surface area (Å²) < 4.78 is 26.4. The molecule has 1 aliphatic heterocycles. The Balaban J connectivity index is 1.62. The first-order chi connectivity index (χ1) is 10.5. The average Bonchev–Trinajstić information content (AvgIpc) is 2.92. The van der Waals surface area contributed by atoms with Gasteiger partial charge in [-0.3, -0.25) is 9.69 Å². The highest BCUT2D eigenvalue weighted by Crippen LogP contribution is 2.25. The minimum atomic E-state index is -0.740. The average molecular weight is 310 g/mol. The number of aliphatic hydroxyl groups is 1. The van der Waals surface area contributed by atoms with Gasteiger partial charge in [0.1, 0.15) is 11.6 Å². The molecule has 1 heterocycles. The number of amides is 1. The highest BCUT2D eigenvalue weighted by Gasteiger charge is 2.33. The van der Waals surface area contributed by atoms with Gasteiger partial charge in [-0.2, -0.15) is 0 Å². The molecule has 0 unspecified atom stereocenters. The highest BCUT2D eigenvalue weighted by molar-refractivity contribution is 5.94. The fraction of sp³-hybridized carbons (Fsp3) is 0.562. The van der Waals surface area contributed by atoms with Crippen LogP contribution in [0.1, 0.15) is 29.6 Å². The molecule has 1 saturated carbocycles. The lowest BCUT2D eigenvalue weighted by molar-refractivity contribution is 0.0315. The Hall–Kier alpha value is -1.53. The molecule has 1 N–H and O–H groups in total. The van der Waals surface area contributed by atoms with Gasteiger partial charge in [-0.1, -0.05) is 0 Å². The predicted octanol–water partition coefficient (Wildman–Crippen LogP) is 1.64. The Bertz CT molecular complexity index is 539. The van der Waals surface area contributed by atoms with E-state index in [-0.39, 0.29) is 23.6 Å². The fourth-order valence-electron chi connectivity index (χ4n) is 3.46. The molecule has 0 aromatic heterocycles. The van der Waals surface area contributed by atoms with E-state index in [9.17, 15) is 18.7 Å². The molecule has 2 fully saturated rings. The number of benzene rings is 1. The van der Waals surface area contributed by atoms with Gasteiger partial charge in [-0.15, -0.1) is 0 Å². The molecular formula is C16H20F2N2O2. The van der Waals surface area contributed by atoms with Gasteiger partial charge in [0.05, 0.1) is 6.10 Å². The smallest absolute Gasteiger partial charge is 0.254 e. The number of carbonyl (C=O) groups is 1. The van der Waals surface area contributed by atoms with Crippen LogP contribution in [0.3, 0.4) is 0 Å². The lowest BCUT2D eigenvalue weighted by Crippen LogP contribution is -2.53. The van der Waals surface area contributed by atoms with Crippen LogP contribution in [0.25, 0.3) is 0 Å². The van der Waals surface area contributed by atoms with Crippen LogP contribution in [-0.2, 0) is 0 Å². The van der Waals surface area contributed by atoms with E-state index >= 15 is 0 Å². The second-order valence-corrected chi connectivity index (χ2v) is 6.05. The Labute approximate surface area is 128 Å². The summed E-state index contributed by atoms with van der Waals surface area (Å²) in [6.07, 6.45) is 2.59. The summed E-state index contributed by atoms with van der Waals surface area (Å²) in [7, 11) is 0. The number of rotatable bonds is 2. The summed E-state index contributed by atoms with van der Waals surface area (Å²) in [5.74, 6) is -1.82. The number of nitrogens with zero attached hydrogens (tertiary/aromatic N) is 2. The van der Waals surface area contributed by atoms with Crippen LogP contribution in [0.4, 0.5) is 8.78 Å². The third kappa shape index (κ3) is 3.13. The molecule has 1 aliphatic carbocycles. The van der Waals surface area contributed by atoms with Crippen molar-refractivity contribution in [3.05, 3.63) is 35.4 Å². The maximum Gasteiger partial charge on any atom is 0.254 e. The molecule has 1 aromatic carbocycles. The summed E-state index contributed by atoms with van der Waals surface area (Å²) in [6.45, 7) is 2.40. The van der Waals surface area contributed by atoms with Gasteiger partial charge in [-0.05, 0) is 31.4 Å². The predicted molar refractivity (Wildman–Crippen MR) is 77.5 cm³/mol. The maximum atomic E-state index is 13.2. The van der Waals surface area contributed by atoms with Crippen LogP contribution >= 0.6 is 0 Å². The van der Waals surface area contributed by atoms with Crippen molar-refractivity contribution in [1.82, 2.24) is 9.80 Å². The van der Waals surface area contributed by atoms with E-state index in [4.69, 9.17) is 0 Å². The summed E-state index contributed by atoms with van der Waals surface area (Å²) in [6, 6.07) is 3.08. The van der Waals surface area contributed by atoms with Crippen molar-refractivity contribution in [3.8, 4) is 0 Å². The summed E-state index contributed by atoms with van der Waals surface area (Å²) in [5, 5.41) is 9.95. The zero-order valence-electron chi connectivity index (χ0n) is 12.3. The van der Waals surface area contributed by atoms with Crippen LogP contribution in [0.5, 0.6) is 0 Å². The van der Waals surface area contributed by atoms with E-state index in [1.165, 1.54) is 0 Å². The summed E-state index contributed by atoms with van der Waals surface area (Å²) in [4.78, 5) is 16.2.